The summed E-state index contributed by atoms with van der Waals surface area (Å²) in [6.07, 6.45) is 1.70. The van der Waals surface area contributed by atoms with E-state index in [1.165, 1.54) is 15.5 Å². The Bertz CT molecular complexity index is 1020. The van der Waals surface area contributed by atoms with Crippen LogP contribution in [0.4, 0.5) is 0 Å². The predicted octanol–water partition coefficient (Wildman–Crippen LogP) is 5.01. The molecule has 0 amide bonds. The Morgan fingerprint density at radius 3 is 2.64 bits per heavy atom. The maximum Gasteiger partial charge on any atom is 0.0931 e. The van der Waals surface area contributed by atoms with Crippen LogP contribution in [0.2, 0.25) is 0 Å². The highest BCUT2D eigenvalue weighted by atomic mass is 32.1. The molecule has 0 bridgehead atoms. The molecule has 106 valence electrons. The van der Waals surface area contributed by atoms with Crippen molar-refractivity contribution < 1.29 is 0 Å². The molecular weight excluding hydrogens is 290 g/mol. The van der Waals surface area contributed by atoms with E-state index in [-0.39, 0.29) is 0 Å². The smallest absolute Gasteiger partial charge is 0.0931 e. The quantitative estimate of drug-likeness (QED) is 0.437. The number of thiazole rings is 1. The summed E-state index contributed by atoms with van der Waals surface area (Å²) in [5.74, 6) is 0. The number of hydrogen-bond donors (Lipinski definition) is 1. The van der Waals surface area contributed by atoms with Gasteiger partial charge in [0, 0.05) is 5.39 Å². The summed E-state index contributed by atoms with van der Waals surface area (Å²) in [5, 5.41) is 2.52. The third-order valence-corrected chi connectivity index (χ3v) is 4.35. The molecule has 0 atom stereocenters. The molecule has 22 heavy (non-hydrogen) atoms. The Labute approximate surface area is 131 Å². The Morgan fingerprint density at radius 2 is 1.68 bits per heavy atom. The van der Waals surface area contributed by atoms with Gasteiger partial charge in [0.1, 0.15) is 0 Å². The zero-order chi connectivity index (χ0) is 14.8. The first-order chi connectivity index (χ1) is 10.9. The van der Waals surface area contributed by atoms with Crippen molar-refractivity contribution in [3.8, 4) is 0 Å². The van der Waals surface area contributed by atoms with Crippen LogP contribution >= 0.6 is 11.3 Å². The van der Waals surface area contributed by atoms with Crippen LogP contribution < -0.4 is 0 Å². The van der Waals surface area contributed by atoms with Crippen molar-refractivity contribution in [2.75, 3.05) is 0 Å². The summed E-state index contributed by atoms with van der Waals surface area (Å²) >= 11 is 1.69. The van der Waals surface area contributed by atoms with Crippen molar-refractivity contribution in [1.29, 1.82) is 0 Å². The number of nitrogens with one attached hydrogen (secondary N) is 1. The van der Waals surface area contributed by atoms with Crippen molar-refractivity contribution in [1.82, 2.24) is 15.0 Å². The van der Waals surface area contributed by atoms with Crippen molar-refractivity contribution in [3.63, 3.8) is 0 Å². The molecule has 3 aromatic carbocycles. The predicted molar refractivity (Wildman–Crippen MR) is 93.2 cm³/mol. The van der Waals surface area contributed by atoms with Crippen LogP contribution in [0, 0.1) is 0 Å². The van der Waals surface area contributed by atoms with Crippen LogP contribution in [0.5, 0.6) is 0 Å². The van der Waals surface area contributed by atoms with Gasteiger partial charge in [0.25, 0.3) is 0 Å². The molecule has 2 aromatic heterocycles. The number of rotatable bonds is 0. The van der Waals surface area contributed by atoms with Gasteiger partial charge in [0.2, 0.25) is 0 Å². The Hall–Kier alpha value is -2.72. The van der Waals surface area contributed by atoms with Gasteiger partial charge in [-0.15, -0.1) is 11.3 Å². The van der Waals surface area contributed by atoms with E-state index in [9.17, 15) is 0 Å². The number of aromatic nitrogens is 3. The molecule has 0 saturated carbocycles. The fourth-order valence-electron chi connectivity index (χ4n) is 2.48. The summed E-state index contributed by atoms with van der Waals surface area (Å²) in [4.78, 5) is 11.4. The van der Waals surface area contributed by atoms with Crippen LogP contribution in [0.1, 0.15) is 0 Å². The molecule has 0 aliphatic rings. The van der Waals surface area contributed by atoms with Gasteiger partial charge in [-0.25, -0.2) is 9.97 Å². The second-order valence-electron chi connectivity index (χ2n) is 4.91. The largest absolute Gasteiger partial charge is 0.345 e. The summed E-state index contributed by atoms with van der Waals surface area (Å²) in [6, 6.07) is 20.6. The lowest BCUT2D eigenvalue weighted by Crippen LogP contribution is -1.73. The molecule has 0 unspecified atom stereocenters. The van der Waals surface area contributed by atoms with E-state index in [2.05, 4.69) is 51.4 Å². The maximum absolute atomic E-state index is 4.37. The minimum Gasteiger partial charge on any atom is -0.345 e. The van der Waals surface area contributed by atoms with Crippen LogP contribution in [-0.2, 0) is 0 Å². The highest BCUT2D eigenvalue weighted by Crippen LogP contribution is 2.26. The molecule has 1 N–H and O–H groups in total. The first kappa shape index (κ1) is 13.0. The highest BCUT2D eigenvalue weighted by molar-refractivity contribution is 7.16. The molecule has 0 radical (unpaired) electrons. The van der Waals surface area contributed by atoms with Gasteiger partial charge in [0.05, 0.1) is 33.1 Å². The summed E-state index contributed by atoms with van der Waals surface area (Å²) in [5.41, 5.74) is 5.15. The van der Waals surface area contributed by atoms with Gasteiger partial charge in [-0.3, -0.25) is 0 Å². The van der Waals surface area contributed by atoms with Gasteiger partial charge in [-0.05, 0) is 23.6 Å². The van der Waals surface area contributed by atoms with Gasteiger partial charge < -0.3 is 4.98 Å². The number of hydrogen-bond acceptors (Lipinski definition) is 3. The Morgan fingerprint density at radius 1 is 0.818 bits per heavy atom. The summed E-state index contributed by atoms with van der Waals surface area (Å²) in [7, 11) is 0. The average Bonchev–Trinajstić information content (AvgIpc) is 3.24. The molecule has 5 aromatic rings. The molecule has 0 aliphatic heterocycles. The van der Waals surface area contributed by atoms with Gasteiger partial charge in [-0.2, -0.15) is 0 Å². The summed E-state index contributed by atoms with van der Waals surface area (Å²) in [6.45, 7) is 0. The topological polar surface area (TPSA) is 41.6 Å². The lowest BCUT2D eigenvalue weighted by atomic mass is 10.1. The van der Waals surface area contributed by atoms with Crippen molar-refractivity contribution in [2.45, 2.75) is 0 Å². The molecule has 0 saturated heterocycles. The molecule has 0 aliphatic carbocycles. The van der Waals surface area contributed by atoms with Gasteiger partial charge >= 0.3 is 0 Å². The monoisotopic (exact) mass is 303 g/mol. The fourth-order valence-corrected chi connectivity index (χ4v) is 3.17. The number of fused-ring (bicyclic) bond motifs is 4. The molecule has 2 heterocycles. The second kappa shape index (κ2) is 5.58. The Kier molecular flexibility index (Phi) is 3.29. The zero-order valence-corrected chi connectivity index (χ0v) is 12.5. The van der Waals surface area contributed by atoms with Crippen LogP contribution in [-0.4, -0.2) is 15.0 Å². The third-order valence-electron chi connectivity index (χ3n) is 3.55. The fraction of sp³-hybridized carbons (Fsp3) is 0. The van der Waals surface area contributed by atoms with E-state index in [1.54, 1.807) is 17.7 Å². The van der Waals surface area contributed by atoms with Gasteiger partial charge in [0.15, 0.2) is 0 Å². The van der Waals surface area contributed by atoms with Crippen molar-refractivity contribution in [2.24, 2.45) is 0 Å². The number of benzene rings is 3. The lowest BCUT2D eigenvalue weighted by Gasteiger charge is -1.96. The van der Waals surface area contributed by atoms with Crippen LogP contribution in [0.15, 0.2) is 72.5 Å². The number of aromatic amines is 1. The molecule has 3 nitrogen and oxygen atoms in total. The van der Waals surface area contributed by atoms with Gasteiger partial charge in [-0.1, -0.05) is 42.5 Å². The maximum atomic E-state index is 4.37. The second-order valence-corrected chi connectivity index (χ2v) is 5.79. The van der Waals surface area contributed by atoms with Crippen LogP contribution in [0.3, 0.4) is 0 Å². The normalized spacial score (nSPS) is 10.7. The first-order valence-corrected chi connectivity index (χ1v) is 7.89. The number of H-pyrrole nitrogens is 1. The van der Waals surface area contributed by atoms with Crippen molar-refractivity contribution in [3.05, 3.63) is 72.5 Å². The molecule has 0 spiro atoms. The van der Waals surface area contributed by atoms with Crippen molar-refractivity contribution >= 4 is 43.4 Å². The highest BCUT2D eigenvalue weighted by Gasteiger charge is 2.00. The Balaban J connectivity index is 0.000000122. The third kappa shape index (κ3) is 2.34. The average molecular weight is 303 g/mol. The zero-order valence-electron chi connectivity index (χ0n) is 11.7. The lowest BCUT2D eigenvalue weighted by molar-refractivity contribution is 1.34. The number of nitrogens with zero attached hydrogens (tertiary/aromatic N) is 2. The minimum atomic E-state index is 1.03. The van der Waals surface area contributed by atoms with E-state index in [0.29, 0.717) is 0 Å². The van der Waals surface area contributed by atoms with Crippen LogP contribution in [0.25, 0.3) is 32.0 Å². The minimum absolute atomic E-state index is 1.03. The SMILES string of the molecule is c1ccc2[nH]cnc2c1.c1ccc2c(c1)ccc1scnc12. The van der Waals surface area contributed by atoms with E-state index in [4.69, 9.17) is 0 Å². The van der Waals surface area contributed by atoms with E-state index >= 15 is 0 Å². The summed E-state index contributed by atoms with van der Waals surface area (Å²) < 4.78 is 1.26. The number of imidazole rings is 1. The molecule has 0 fully saturated rings. The molecule has 5 rings (SSSR count). The van der Waals surface area contributed by atoms with E-state index in [0.717, 1.165) is 16.6 Å². The first-order valence-electron chi connectivity index (χ1n) is 7.01. The van der Waals surface area contributed by atoms with E-state index in [1.807, 2.05) is 29.8 Å². The standard InChI is InChI=1S/C11H7NS.C7H6N2/c1-2-4-9-8(3-1)5-6-10-11(9)12-7-13-10;1-2-4-7-6(3-1)8-5-9-7/h1-7H;1-5H,(H,8,9). The molecular formula is C18H13N3S. The van der Waals surface area contributed by atoms with E-state index < -0.39 is 0 Å². The number of para-hydroxylation sites is 2. The molecule has 4 heteroatoms.